The first kappa shape index (κ1) is 10.9. The summed E-state index contributed by atoms with van der Waals surface area (Å²) in [6.45, 7) is 3.99. The predicted octanol–water partition coefficient (Wildman–Crippen LogP) is 2.81. The van der Waals surface area contributed by atoms with Gasteiger partial charge in [0.1, 0.15) is 23.4 Å². The third-order valence-electron chi connectivity index (χ3n) is 2.76. The van der Waals surface area contributed by atoms with Crippen LogP contribution in [0, 0.1) is 6.92 Å². The Bertz CT molecular complexity index is 435. The van der Waals surface area contributed by atoms with Crippen molar-refractivity contribution in [3.63, 3.8) is 0 Å². The van der Waals surface area contributed by atoms with Crippen LogP contribution < -0.4 is 14.2 Å². The van der Waals surface area contributed by atoms with E-state index in [9.17, 15) is 0 Å². The van der Waals surface area contributed by atoms with Gasteiger partial charge >= 0.3 is 0 Å². The first-order chi connectivity index (χ1) is 7.67. The lowest BCUT2D eigenvalue weighted by Crippen LogP contribution is -2.14. The van der Waals surface area contributed by atoms with Crippen molar-refractivity contribution in [2.75, 3.05) is 14.2 Å². The Morgan fingerprint density at radius 2 is 1.88 bits per heavy atom. The van der Waals surface area contributed by atoms with Crippen LogP contribution in [0.1, 0.15) is 18.1 Å². The van der Waals surface area contributed by atoms with Crippen molar-refractivity contribution in [1.82, 2.24) is 0 Å². The van der Waals surface area contributed by atoms with E-state index in [-0.39, 0.29) is 6.10 Å². The molecule has 0 amide bonds. The van der Waals surface area contributed by atoms with Crippen LogP contribution in [-0.4, -0.2) is 20.3 Å². The fourth-order valence-corrected chi connectivity index (χ4v) is 1.88. The van der Waals surface area contributed by atoms with Gasteiger partial charge in [-0.1, -0.05) is 0 Å². The van der Waals surface area contributed by atoms with Gasteiger partial charge in [-0.15, -0.1) is 0 Å². The fourth-order valence-electron chi connectivity index (χ4n) is 1.88. The third-order valence-corrected chi connectivity index (χ3v) is 2.76. The average Bonchev–Trinajstić information content (AvgIpc) is 2.30. The molecule has 0 radical (unpaired) electrons. The topological polar surface area (TPSA) is 27.7 Å². The first-order valence-electron chi connectivity index (χ1n) is 5.27. The molecule has 0 saturated heterocycles. The zero-order valence-electron chi connectivity index (χ0n) is 10.0. The molecule has 1 aliphatic heterocycles. The molecular formula is C13H16O3. The molecule has 0 aliphatic carbocycles. The predicted molar refractivity (Wildman–Crippen MR) is 63.4 cm³/mol. The summed E-state index contributed by atoms with van der Waals surface area (Å²) in [6.07, 6.45) is 4.13. The maximum absolute atomic E-state index is 5.80. The Hall–Kier alpha value is -1.64. The zero-order chi connectivity index (χ0) is 11.7. The monoisotopic (exact) mass is 220 g/mol. The van der Waals surface area contributed by atoms with E-state index in [1.54, 1.807) is 14.2 Å². The first-order valence-corrected chi connectivity index (χ1v) is 5.27. The molecule has 16 heavy (non-hydrogen) atoms. The van der Waals surface area contributed by atoms with E-state index in [4.69, 9.17) is 14.2 Å². The van der Waals surface area contributed by atoms with Gasteiger partial charge in [0.25, 0.3) is 0 Å². The van der Waals surface area contributed by atoms with Crippen molar-refractivity contribution in [3.8, 4) is 17.2 Å². The number of hydrogen-bond donors (Lipinski definition) is 0. The molecule has 0 bridgehead atoms. The minimum absolute atomic E-state index is 0.0861. The van der Waals surface area contributed by atoms with Crippen LogP contribution in [0.4, 0.5) is 0 Å². The van der Waals surface area contributed by atoms with Gasteiger partial charge in [0.15, 0.2) is 0 Å². The number of benzene rings is 1. The van der Waals surface area contributed by atoms with Gasteiger partial charge in [0, 0.05) is 11.6 Å². The number of ether oxygens (including phenoxy) is 3. The lowest BCUT2D eigenvalue weighted by molar-refractivity contribution is 0.259. The SMILES string of the molecule is COc1cc(OC)c2c(c1C)O[C@H](C)C=C2. The molecule has 1 heterocycles. The Balaban J connectivity index is 2.63. The summed E-state index contributed by atoms with van der Waals surface area (Å²) >= 11 is 0. The number of rotatable bonds is 2. The molecule has 1 aliphatic rings. The molecule has 0 unspecified atom stereocenters. The van der Waals surface area contributed by atoms with E-state index < -0.39 is 0 Å². The van der Waals surface area contributed by atoms with Gasteiger partial charge in [0.2, 0.25) is 0 Å². The van der Waals surface area contributed by atoms with Crippen LogP contribution in [0.5, 0.6) is 17.2 Å². The molecule has 0 spiro atoms. The standard InChI is InChI=1S/C13H16O3/c1-8-5-6-10-12(15-4)7-11(14-3)9(2)13(10)16-8/h5-8H,1-4H3/t8-/m1/s1. The number of methoxy groups -OCH3 is 2. The quantitative estimate of drug-likeness (QED) is 0.767. The normalized spacial score (nSPS) is 17.6. The van der Waals surface area contributed by atoms with Gasteiger partial charge < -0.3 is 14.2 Å². The van der Waals surface area contributed by atoms with Crippen molar-refractivity contribution in [1.29, 1.82) is 0 Å². The van der Waals surface area contributed by atoms with Gasteiger partial charge in [0.05, 0.1) is 19.8 Å². The average molecular weight is 220 g/mol. The molecule has 3 nitrogen and oxygen atoms in total. The van der Waals surface area contributed by atoms with E-state index in [2.05, 4.69) is 0 Å². The van der Waals surface area contributed by atoms with E-state index in [1.807, 2.05) is 32.1 Å². The highest BCUT2D eigenvalue weighted by atomic mass is 16.5. The summed E-state index contributed by atoms with van der Waals surface area (Å²) in [5.74, 6) is 2.42. The second-order valence-electron chi connectivity index (χ2n) is 3.83. The Kier molecular flexibility index (Phi) is 2.77. The Morgan fingerprint density at radius 1 is 1.19 bits per heavy atom. The van der Waals surface area contributed by atoms with E-state index in [0.717, 1.165) is 28.4 Å². The highest BCUT2D eigenvalue weighted by Gasteiger charge is 2.20. The molecule has 0 saturated carbocycles. The Morgan fingerprint density at radius 3 is 2.50 bits per heavy atom. The summed E-state index contributed by atoms with van der Waals surface area (Å²) in [5, 5.41) is 0. The van der Waals surface area contributed by atoms with Crippen molar-refractivity contribution in [2.45, 2.75) is 20.0 Å². The van der Waals surface area contributed by atoms with Crippen molar-refractivity contribution >= 4 is 6.08 Å². The van der Waals surface area contributed by atoms with Gasteiger partial charge in [-0.25, -0.2) is 0 Å². The van der Waals surface area contributed by atoms with Crippen molar-refractivity contribution in [2.24, 2.45) is 0 Å². The summed E-state index contributed by atoms with van der Waals surface area (Å²) in [7, 11) is 3.30. The lowest BCUT2D eigenvalue weighted by Gasteiger charge is -2.23. The van der Waals surface area contributed by atoms with Gasteiger partial charge in [-0.2, -0.15) is 0 Å². The van der Waals surface area contributed by atoms with E-state index in [0.29, 0.717) is 0 Å². The number of hydrogen-bond acceptors (Lipinski definition) is 3. The second kappa shape index (κ2) is 4.08. The lowest BCUT2D eigenvalue weighted by atomic mass is 10.0. The summed E-state index contributed by atoms with van der Waals surface area (Å²) in [4.78, 5) is 0. The molecule has 2 rings (SSSR count). The van der Waals surface area contributed by atoms with Crippen LogP contribution >= 0.6 is 0 Å². The van der Waals surface area contributed by atoms with Crippen LogP contribution in [0.3, 0.4) is 0 Å². The van der Waals surface area contributed by atoms with Gasteiger partial charge in [-0.05, 0) is 26.0 Å². The maximum Gasteiger partial charge on any atom is 0.137 e. The molecule has 1 aromatic carbocycles. The molecule has 1 atom stereocenters. The highest BCUT2D eigenvalue weighted by molar-refractivity contribution is 5.71. The van der Waals surface area contributed by atoms with E-state index >= 15 is 0 Å². The number of fused-ring (bicyclic) bond motifs is 1. The molecular weight excluding hydrogens is 204 g/mol. The van der Waals surface area contributed by atoms with Crippen LogP contribution in [0.15, 0.2) is 12.1 Å². The van der Waals surface area contributed by atoms with Crippen molar-refractivity contribution in [3.05, 3.63) is 23.3 Å². The minimum atomic E-state index is 0.0861. The molecule has 1 aromatic rings. The summed E-state index contributed by atoms with van der Waals surface area (Å²) < 4.78 is 16.4. The van der Waals surface area contributed by atoms with Crippen LogP contribution in [-0.2, 0) is 0 Å². The summed E-state index contributed by atoms with van der Waals surface area (Å²) in [5.41, 5.74) is 1.99. The van der Waals surface area contributed by atoms with Crippen LogP contribution in [0.2, 0.25) is 0 Å². The molecule has 3 heteroatoms. The highest BCUT2D eigenvalue weighted by Crippen LogP contribution is 2.41. The molecule has 0 aromatic heterocycles. The van der Waals surface area contributed by atoms with Crippen LogP contribution in [0.25, 0.3) is 6.08 Å². The van der Waals surface area contributed by atoms with E-state index in [1.165, 1.54) is 0 Å². The largest absolute Gasteiger partial charge is 0.496 e. The molecule has 86 valence electrons. The smallest absolute Gasteiger partial charge is 0.137 e. The van der Waals surface area contributed by atoms with Crippen molar-refractivity contribution < 1.29 is 14.2 Å². The minimum Gasteiger partial charge on any atom is -0.496 e. The second-order valence-corrected chi connectivity index (χ2v) is 3.83. The summed E-state index contributed by atoms with van der Waals surface area (Å²) in [6, 6.07) is 1.89. The van der Waals surface area contributed by atoms with Gasteiger partial charge in [-0.3, -0.25) is 0 Å². The zero-order valence-corrected chi connectivity index (χ0v) is 10.0. The Labute approximate surface area is 95.6 Å². The molecule has 0 fully saturated rings. The molecule has 0 N–H and O–H groups in total. The fraction of sp³-hybridized carbons (Fsp3) is 0.385. The maximum atomic E-state index is 5.80. The third kappa shape index (κ3) is 1.62.